The Labute approximate surface area is 166 Å². The number of carbonyl (C=O) groups excluding carboxylic acids is 1. The highest BCUT2D eigenvalue weighted by molar-refractivity contribution is 7.16. The lowest BCUT2D eigenvalue weighted by molar-refractivity contribution is -0.753. The molecule has 0 aliphatic carbocycles. The van der Waals surface area contributed by atoms with Crippen LogP contribution >= 0.6 is 11.3 Å². The molecule has 2 heterocycles. The van der Waals surface area contributed by atoms with Crippen LogP contribution in [0, 0.1) is 0 Å². The number of carboxylic acid groups (broad SMARTS) is 1. The predicted octanol–water partition coefficient (Wildman–Crippen LogP) is 1.36. The number of aromatic carboxylic acids is 1. The van der Waals surface area contributed by atoms with Crippen molar-refractivity contribution in [3.05, 3.63) is 23.5 Å². The van der Waals surface area contributed by atoms with Crippen LogP contribution < -0.4 is 15.7 Å². The van der Waals surface area contributed by atoms with Crippen LogP contribution in [0.1, 0.15) is 36.9 Å². The zero-order chi connectivity index (χ0) is 20.9. The minimum atomic E-state index is -0.983. The highest BCUT2D eigenvalue weighted by Gasteiger charge is 2.17. The maximum atomic E-state index is 11.6. The van der Waals surface area contributed by atoms with E-state index in [1.54, 1.807) is 20.8 Å². The molecule has 0 aliphatic rings. The maximum Gasteiger partial charge on any atom is 0.414 e. The smallest absolute Gasteiger partial charge is 0.414 e. The van der Waals surface area contributed by atoms with Crippen molar-refractivity contribution in [2.24, 2.45) is 17.8 Å². The second-order valence-corrected chi connectivity index (χ2v) is 8.06. The largest absolute Gasteiger partial charge is 0.477 e. The molecule has 0 spiro atoms. The Morgan fingerprint density at radius 2 is 2.18 bits per heavy atom. The van der Waals surface area contributed by atoms with Crippen LogP contribution in [0.4, 0.5) is 4.79 Å². The number of guanidine groups is 1. The summed E-state index contributed by atoms with van der Waals surface area (Å²) in [5.41, 5.74) is 5.92. The third-order valence-corrected chi connectivity index (χ3v) is 4.47. The molecule has 0 unspecified atom stereocenters. The number of carbonyl (C=O) groups is 2. The third kappa shape index (κ3) is 6.34. The average molecular weight is 409 g/mol. The molecule has 2 rings (SSSR count). The van der Waals surface area contributed by atoms with Crippen LogP contribution in [-0.4, -0.2) is 44.9 Å². The molecule has 0 aliphatic heterocycles. The summed E-state index contributed by atoms with van der Waals surface area (Å²) in [7, 11) is 1.89. The number of alkyl carbamates (subject to hydrolysis) is 1. The summed E-state index contributed by atoms with van der Waals surface area (Å²) in [6.07, 6.45) is 5.19. The monoisotopic (exact) mass is 409 g/mol. The van der Waals surface area contributed by atoms with E-state index in [4.69, 9.17) is 15.6 Å². The molecular formula is C17H25N6O4S+. The van der Waals surface area contributed by atoms with Gasteiger partial charge in [0, 0.05) is 6.54 Å². The van der Waals surface area contributed by atoms with Crippen LogP contribution in [0.15, 0.2) is 23.6 Å². The van der Waals surface area contributed by atoms with Crippen molar-refractivity contribution in [2.45, 2.75) is 39.3 Å². The number of nitrogens with two attached hydrogens (primary N) is 1. The van der Waals surface area contributed by atoms with Crippen molar-refractivity contribution in [3.63, 3.8) is 0 Å². The molecule has 0 bridgehead atoms. The van der Waals surface area contributed by atoms with Crippen molar-refractivity contribution >= 4 is 29.4 Å². The summed E-state index contributed by atoms with van der Waals surface area (Å²) < 4.78 is 8.96. The number of aromatic nitrogens is 3. The minimum Gasteiger partial charge on any atom is -0.477 e. The second kappa shape index (κ2) is 8.83. The van der Waals surface area contributed by atoms with Crippen molar-refractivity contribution in [1.82, 2.24) is 15.0 Å². The van der Waals surface area contributed by atoms with Gasteiger partial charge in [-0.05, 0) is 27.2 Å². The fourth-order valence-electron chi connectivity index (χ4n) is 2.28. The first-order valence-corrected chi connectivity index (χ1v) is 9.42. The molecular weight excluding hydrogens is 384 g/mol. The quantitative estimate of drug-likeness (QED) is 0.285. The first-order chi connectivity index (χ1) is 13.0. The molecule has 2 aromatic heterocycles. The molecule has 28 heavy (non-hydrogen) atoms. The lowest BCUT2D eigenvalue weighted by Gasteiger charge is -2.19. The summed E-state index contributed by atoms with van der Waals surface area (Å²) in [5, 5.41) is 12.0. The van der Waals surface area contributed by atoms with E-state index >= 15 is 0 Å². The SMILES string of the molecule is C[n+]1cc(-c2ncc(C(=O)O)s2)cn1CCCN=C(N)NC(=O)OC(C)(C)C. The summed E-state index contributed by atoms with van der Waals surface area (Å²) in [4.78, 5) is 31.1. The van der Waals surface area contributed by atoms with Crippen molar-refractivity contribution in [3.8, 4) is 10.6 Å². The Bertz CT molecular complexity index is 881. The zero-order valence-electron chi connectivity index (χ0n) is 16.3. The molecule has 1 amide bonds. The Kier molecular flexibility index (Phi) is 6.73. The molecule has 0 saturated heterocycles. The van der Waals surface area contributed by atoms with Gasteiger partial charge in [-0.15, -0.1) is 16.0 Å². The van der Waals surface area contributed by atoms with E-state index in [1.807, 2.05) is 28.8 Å². The van der Waals surface area contributed by atoms with Gasteiger partial charge in [-0.3, -0.25) is 10.3 Å². The Morgan fingerprint density at radius 1 is 1.46 bits per heavy atom. The fourth-order valence-corrected chi connectivity index (χ4v) is 3.01. The number of ether oxygens (including phenoxy) is 1. The number of nitrogens with zero attached hydrogens (tertiary/aromatic N) is 4. The molecule has 10 nitrogen and oxygen atoms in total. The molecule has 11 heteroatoms. The van der Waals surface area contributed by atoms with Gasteiger partial charge in [0.25, 0.3) is 0 Å². The van der Waals surface area contributed by atoms with E-state index in [0.29, 0.717) is 24.5 Å². The molecule has 152 valence electrons. The Hall–Kier alpha value is -2.95. The van der Waals surface area contributed by atoms with E-state index < -0.39 is 17.7 Å². The van der Waals surface area contributed by atoms with E-state index in [9.17, 15) is 9.59 Å². The van der Waals surface area contributed by atoms with Crippen LogP contribution in [0.2, 0.25) is 0 Å². The van der Waals surface area contributed by atoms with Crippen LogP contribution in [0.25, 0.3) is 10.6 Å². The Balaban J connectivity index is 1.87. The standard InChI is InChI=1S/C17H24N6O4S/c1-17(2,3)27-16(26)21-15(18)19-6-5-7-23-10-11(9-22(23)4)13-20-8-12(28-13)14(24)25/h8-10H,5-7H2,1-4H3,(H3-,18,19,21,24,25,26)/p+1. The number of nitrogens with one attached hydrogen (secondary N) is 1. The van der Waals surface area contributed by atoms with E-state index in [-0.39, 0.29) is 10.8 Å². The number of aryl methyl sites for hydroxylation is 2. The number of hydrogen-bond acceptors (Lipinski definition) is 6. The maximum absolute atomic E-state index is 11.6. The summed E-state index contributed by atoms with van der Waals surface area (Å²) >= 11 is 1.13. The third-order valence-electron chi connectivity index (χ3n) is 3.44. The van der Waals surface area contributed by atoms with E-state index in [2.05, 4.69) is 15.3 Å². The van der Waals surface area contributed by atoms with Gasteiger partial charge in [0.2, 0.25) is 6.20 Å². The van der Waals surface area contributed by atoms with E-state index in [1.165, 1.54) is 6.20 Å². The van der Waals surface area contributed by atoms with Crippen molar-refractivity contribution in [2.75, 3.05) is 6.54 Å². The highest BCUT2D eigenvalue weighted by atomic mass is 32.1. The van der Waals surface area contributed by atoms with Gasteiger partial charge in [0.1, 0.15) is 15.5 Å². The molecule has 0 fully saturated rings. The Morgan fingerprint density at radius 3 is 2.79 bits per heavy atom. The summed E-state index contributed by atoms with van der Waals surface area (Å²) in [5.74, 6) is -0.973. The molecule has 4 N–H and O–H groups in total. The number of amides is 1. The normalized spacial score (nSPS) is 12.1. The lowest BCUT2D eigenvalue weighted by atomic mass is 10.2. The van der Waals surface area contributed by atoms with Crippen LogP contribution in [0.5, 0.6) is 0 Å². The lowest BCUT2D eigenvalue weighted by Crippen LogP contribution is -2.40. The van der Waals surface area contributed by atoms with Gasteiger partial charge in [-0.1, -0.05) is 0 Å². The first-order valence-electron chi connectivity index (χ1n) is 8.60. The number of aliphatic imine (C=N–C) groups is 1. The average Bonchev–Trinajstić information content (AvgIpc) is 3.16. The van der Waals surface area contributed by atoms with Crippen molar-refractivity contribution in [1.29, 1.82) is 0 Å². The number of rotatable bonds is 6. The van der Waals surface area contributed by atoms with Gasteiger partial charge >= 0.3 is 12.1 Å². The second-order valence-electron chi connectivity index (χ2n) is 7.03. The van der Waals surface area contributed by atoms with Crippen LogP contribution in [-0.2, 0) is 18.3 Å². The van der Waals surface area contributed by atoms with Crippen LogP contribution in [0.3, 0.4) is 0 Å². The van der Waals surface area contributed by atoms with E-state index in [0.717, 1.165) is 16.9 Å². The first kappa shape index (κ1) is 21.4. The van der Waals surface area contributed by atoms with Gasteiger partial charge in [0.05, 0.1) is 24.5 Å². The van der Waals surface area contributed by atoms with Gasteiger partial charge in [-0.2, -0.15) is 4.68 Å². The predicted molar refractivity (Wildman–Crippen MR) is 104 cm³/mol. The molecule has 0 aromatic carbocycles. The number of thiazole rings is 1. The molecule has 2 aromatic rings. The topological polar surface area (TPSA) is 136 Å². The zero-order valence-corrected chi connectivity index (χ0v) is 17.1. The van der Waals surface area contributed by atoms with Gasteiger partial charge in [0.15, 0.2) is 13.0 Å². The molecule has 0 radical (unpaired) electrons. The highest BCUT2D eigenvalue weighted by Crippen LogP contribution is 2.24. The number of carboxylic acids is 1. The fraction of sp³-hybridized carbons (Fsp3) is 0.471. The van der Waals surface area contributed by atoms with Gasteiger partial charge < -0.3 is 15.6 Å². The van der Waals surface area contributed by atoms with Crippen molar-refractivity contribution < 1.29 is 24.1 Å². The van der Waals surface area contributed by atoms with Gasteiger partial charge in [-0.25, -0.2) is 14.6 Å². The number of hydrogen-bond donors (Lipinski definition) is 3. The minimum absolute atomic E-state index is 0.0100. The summed E-state index contributed by atoms with van der Waals surface area (Å²) in [6, 6.07) is 0. The molecule has 0 saturated carbocycles. The molecule has 0 atom stereocenters. The summed E-state index contributed by atoms with van der Waals surface area (Å²) in [6.45, 7) is 6.38.